The van der Waals surface area contributed by atoms with Crippen molar-refractivity contribution in [3.05, 3.63) is 17.0 Å². The van der Waals surface area contributed by atoms with Crippen LogP contribution in [0.5, 0.6) is 0 Å². The highest BCUT2D eigenvalue weighted by Crippen LogP contribution is 2.21. The lowest BCUT2D eigenvalue weighted by molar-refractivity contribution is 0.190. The lowest BCUT2D eigenvalue weighted by atomic mass is 10.0. The summed E-state index contributed by atoms with van der Waals surface area (Å²) in [5.41, 5.74) is 9.57. The molecule has 1 aromatic heterocycles. The van der Waals surface area contributed by atoms with E-state index in [0.29, 0.717) is 0 Å². The Labute approximate surface area is 104 Å². The highest BCUT2D eigenvalue weighted by Gasteiger charge is 2.22. The first-order chi connectivity index (χ1) is 8.06. The Morgan fingerprint density at radius 3 is 2.41 bits per heavy atom. The minimum Gasteiger partial charge on any atom is -0.394 e. The minimum atomic E-state index is -0.103. The topological polar surface area (TPSA) is 64.1 Å². The Kier molecular flexibility index (Phi) is 5.15. The molecule has 0 aliphatic heterocycles. The second-order valence-corrected chi connectivity index (χ2v) is 4.65. The molecule has 0 saturated carbocycles. The van der Waals surface area contributed by atoms with Crippen molar-refractivity contribution < 1.29 is 5.11 Å². The number of rotatable bonds is 6. The van der Waals surface area contributed by atoms with Gasteiger partial charge in [0.1, 0.15) is 0 Å². The quantitative estimate of drug-likeness (QED) is 0.794. The molecule has 0 aliphatic rings. The first kappa shape index (κ1) is 14.2. The van der Waals surface area contributed by atoms with Crippen LogP contribution in [-0.2, 0) is 6.42 Å². The molecule has 98 valence electrons. The van der Waals surface area contributed by atoms with E-state index in [1.807, 2.05) is 11.6 Å². The average molecular weight is 239 g/mol. The fourth-order valence-electron chi connectivity index (χ4n) is 2.45. The van der Waals surface area contributed by atoms with E-state index in [9.17, 15) is 5.11 Å². The van der Waals surface area contributed by atoms with E-state index in [2.05, 4.69) is 25.9 Å². The molecule has 4 heteroatoms. The third-order valence-electron chi connectivity index (χ3n) is 3.45. The van der Waals surface area contributed by atoms with Crippen molar-refractivity contribution >= 4 is 0 Å². The van der Waals surface area contributed by atoms with Gasteiger partial charge in [0.2, 0.25) is 0 Å². The summed E-state index contributed by atoms with van der Waals surface area (Å²) in [7, 11) is 0. The third-order valence-corrected chi connectivity index (χ3v) is 3.45. The maximum atomic E-state index is 9.53. The van der Waals surface area contributed by atoms with Gasteiger partial charge in [-0.25, -0.2) is 0 Å². The van der Waals surface area contributed by atoms with Gasteiger partial charge in [0.05, 0.1) is 18.3 Å². The standard InChI is InChI=1S/C13H25N3O/c1-5-7-12(14)13(8-17)16-10(4)11(6-2)9(3)15-16/h12-13,17H,5-8,14H2,1-4H3. The second kappa shape index (κ2) is 6.17. The van der Waals surface area contributed by atoms with Crippen LogP contribution in [0.1, 0.15) is 49.7 Å². The fourth-order valence-corrected chi connectivity index (χ4v) is 2.45. The summed E-state index contributed by atoms with van der Waals surface area (Å²) in [6.45, 7) is 8.35. The molecular formula is C13H25N3O. The number of nitrogens with zero attached hydrogens (tertiary/aromatic N) is 2. The van der Waals surface area contributed by atoms with Gasteiger partial charge in [0, 0.05) is 11.7 Å². The van der Waals surface area contributed by atoms with E-state index in [0.717, 1.165) is 30.7 Å². The van der Waals surface area contributed by atoms with Gasteiger partial charge in [-0.3, -0.25) is 4.68 Å². The van der Waals surface area contributed by atoms with Crippen LogP contribution >= 0.6 is 0 Å². The summed E-state index contributed by atoms with van der Waals surface area (Å²) in [6, 6.07) is -0.137. The number of nitrogens with two attached hydrogens (primary N) is 1. The Balaban J connectivity index is 3.04. The Bertz CT molecular complexity index is 360. The summed E-state index contributed by atoms with van der Waals surface area (Å²) in [4.78, 5) is 0. The number of aromatic nitrogens is 2. The number of hydrogen-bond donors (Lipinski definition) is 2. The zero-order valence-electron chi connectivity index (χ0n) is 11.4. The minimum absolute atomic E-state index is 0.0345. The van der Waals surface area contributed by atoms with Crippen molar-refractivity contribution in [2.24, 2.45) is 5.73 Å². The van der Waals surface area contributed by atoms with Crippen molar-refractivity contribution in [3.63, 3.8) is 0 Å². The highest BCUT2D eigenvalue weighted by atomic mass is 16.3. The van der Waals surface area contributed by atoms with Crippen molar-refractivity contribution in [2.75, 3.05) is 6.61 Å². The average Bonchev–Trinajstić information content (AvgIpc) is 2.56. The van der Waals surface area contributed by atoms with Crippen molar-refractivity contribution in [2.45, 2.75) is 59.0 Å². The predicted molar refractivity (Wildman–Crippen MR) is 70.1 cm³/mol. The SMILES string of the molecule is CCCC(N)C(CO)n1nc(C)c(CC)c1C. The normalized spacial score (nSPS) is 14.9. The van der Waals surface area contributed by atoms with Crippen LogP contribution in [-0.4, -0.2) is 27.5 Å². The van der Waals surface area contributed by atoms with Gasteiger partial charge in [-0.2, -0.15) is 5.10 Å². The molecule has 1 rings (SSSR count). The highest BCUT2D eigenvalue weighted by molar-refractivity contribution is 5.24. The number of aliphatic hydroxyl groups is 1. The number of aliphatic hydroxyl groups excluding tert-OH is 1. The Hall–Kier alpha value is -0.870. The summed E-state index contributed by atoms with van der Waals surface area (Å²) in [5.74, 6) is 0. The predicted octanol–water partition coefficient (Wildman–Crippen LogP) is 1.72. The molecule has 2 atom stereocenters. The largest absolute Gasteiger partial charge is 0.394 e. The molecule has 0 bridgehead atoms. The molecule has 0 saturated heterocycles. The lowest BCUT2D eigenvalue weighted by Gasteiger charge is -2.23. The molecule has 1 heterocycles. The van der Waals surface area contributed by atoms with E-state index in [1.54, 1.807) is 0 Å². The molecule has 0 amide bonds. The molecule has 17 heavy (non-hydrogen) atoms. The van der Waals surface area contributed by atoms with Crippen LogP contribution in [0.25, 0.3) is 0 Å². The molecule has 4 nitrogen and oxygen atoms in total. The zero-order valence-corrected chi connectivity index (χ0v) is 11.4. The van der Waals surface area contributed by atoms with Gasteiger partial charge >= 0.3 is 0 Å². The Morgan fingerprint density at radius 2 is 2.00 bits per heavy atom. The van der Waals surface area contributed by atoms with Crippen molar-refractivity contribution in [3.8, 4) is 0 Å². The summed E-state index contributed by atoms with van der Waals surface area (Å²) in [5, 5.41) is 14.1. The smallest absolute Gasteiger partial charge is 0.0903 e. The molecular weight excluding hydrogens is 214 g/mol. The van der Waals surface area contributed by atoms with Crippen LogP contribution < -0.4 is 5.73 Å². The fraction of sp³-hybridized carbons (Fsp3) is 0.769. The van der Waals surface area contributed by atoms with Crippen LogP contribution in [0.2, 0.25) is 0 Å². The van der Waals surface area contributed by atoms with Crippen LogP contribution in [0.4, 0.5) is 0 Å². The summed E-state index contributed by atoms with van der Waals surface area (Å²) in [6.07, 6.45) is 2.90. The van der Waals surface area contributed by atoms with E-state index >= 15 is 0 Å². The van der Waals surface area contributed by atoms with Crippen LogP contribution in [0.3, 0.4) is 0 Å². The van der Waals surface area contributed by atoms with Gasteiger partial charge in [0.25, 0.3) is 0 Å². The van der Waals surface area contributed by atoms with Gasteiger partial charge in [0.15, 0.2) is 0 Å². The summed E-state index contributed by atoms with van der Waals surface area (Å²) >= 11 is 0. The molecule has 3 N–H and O–H groups in total. The number of hydrogen-bond acceptors (Lipinski definition) is 3. The van der Waals surface area contributed by atoms with E-state index in [4.69, 9.17) is 5.73 Å². The maximum Gasteiger partial charge on any atom is 0.0903 e. The molecule has 0 aromatic carbocycles. The van der Waals surface area contributed by atoms with Crippen LogP contribution in [0.15, 0.2) is 0 Å². The van der Waals surface area contributed by atoms with E-state index in [1.165, 1.54) is 5.56 Å². The Morgan fingerprint density at radius 1 is 1.35 bits per heavy atom. The zero-order chi connectivity index (χ0) is 13.0. The molecule has 2 unspecified atom stereocenters. The molecule has 1 aromatic rings. The van der Waals surface area contributed by atoms with E-state index < -0.39 is 0 Å². The van der Waals surface area contributed by atoms with Crippen LogP contribution in [0, 0.1) is 13.8 Å². The first-order valence-electron chi connectivity index (χ1n) is 6.47. The molecule has 0 fully saturated rings. The second-order valence-electron chi connectivity index (χ2n) is 4.65. The lowest BCUT2D eigenvalue weighted by Crippen LogP contribution is -2.35. The van der Waals surface area contributed by atoms with Gasteiger partial charge in [-0.1, -0.05) is 20.3 Å². The first-order valence-corrected chi connectivity index (χ1v) is 6.47. The maximum absolute atomic E-state index is 9.53. The van der Waals surface area contributed by atoms with Gasteiger partial charge in [-0.05, 0) is 32.3 Å². The summed E-state index contributed by atoms with van der Waals surface area (Å²) < 4.78 is 1.91. The van der Waals surface area contributed by atoms with E-state index in [-0.39, 0.29) is 18.7 Å². The molecule has 0 radical (unpaired) electrons. The monoisotopic (exact) mass is 239 g/mol. The van der Waals surface area contributed by atoms with Gasteiger partial charge < -0.3 is 10.8 Å². The van der Waals surface area contributed by atoms with Crippen molar-refractivity contribution in [1.29, 1.82) is 0 Å². The number of aryl methyl sites for hydroxylation is 1. The van der Waals surface area contributed by atoms with Gasteiger partial charge in [-0.15, -0.1) is 0 Å². The van der Waals surface area contributed by atoms with Crippen molar-refractivity contribution in [1.82, 2.24) is 9.78 Å². The third kappa shape index (κ3) is 2.87. The molecule has 0 spiro atoms. The molecule has 0 aliphatic carbocycles.